The van der Waals surface area contributed by atoms with Crippen molar-refractivity contribution in [3.05, 3.63) is 28.7 Å². The van der Waals surface area contributed by atoms with Gasteiger partial charge in [0.05, 0.1) is 11.2 Å². The molecule has 0 amide bonds. The van der Waals surface area contributed by atoms with Crippen LogP contribution in [0.5, 0.6) is 0 Å². The lowest BCUT2D eigenvalue weighted by Crippen LogP contribution is -1.92. The highest BCUT2D eigenvalue weighted by Crippen LogP contribution is 2.13. The highest BCUT2D eigenvalue weighted by molar-refractivity contribution is 5.75. The third-order valence-corrected chi connectivity index (χ3v) is 1.42. The number of aromatic nitrogens is 1. The van der Waals surface area contributed by atoms with Crippen LogP contribution in [0.15, 0.2) is 27.4 Å². The van der Waals surface area contributed by atoms with E-state index in [9.17, 15) is 4.79 Å². The quantitative estimate of drug-likeness (QED) is 0.607. The van der Waals surface area contributed by atoms with Crippen LogP contribution in [-0.4, -0.2) is 4.98 Å². The van der Waals surface area contributed by atoms with Gasteiger partial charge < -0.3 is 10.2 Å². The van der Waals surface area contributed by atoms with Gasteiger partial charge in [-0.25, -0.2) is 4.79 Å². The second-order valence-corrected chi connectivity index (χ2v) is 2.23. The topological polar surface area (TPSA) is 69.8 Å². The number of H-pyrrole nitrogens is 1. The molecule has 0 aliphatic carbocycles. The second-order valence-electron chi connectivity index (χ2n) is 2.23. The summed E-state index contributed by atoms with van der Waals surface area (Å²) in [4.78, 5) is 13.1. The second kappa shape index (κ2) is 1.88. The SMILES string of the molecule is [NH]c1ccc2[nH]c(=O)oc2c1. The van der Waals surface area contributed by atoms with Gasteiger partial charge in [0.2, 0.25) is 0 Å². The van der Waals surface area contributed by atoms with E-state index in [0.717, 1.165) is 0 Å². The Kier molecular flexibility index (Phi) is 1.03. The summed E-state index contributed by atoms with van der Waals surface area (Å²) in [6.07, 6.45) is 0. The molecule has 4 nitrogen and oxygen atoms in total. The summed E-state index contributed by atoms with van der Waals surface area (Å²) in [7, 11) is 0. The maximum Gasteiger partial charge on any atom is 0.417 e. The number of hydrogen-bond donors (Lipinski definition) is 1. The minimum Gasteiger partial charge on any atom is -0.408 e. The highest BCUT2D eigenvalue weighted by Gasteiger charge is 1.98. The molecule has 1 heterocycles. The van der Waals surface area contributed by atoms with Crippen molar-refractivity contribution in [1.82, 2.24) is 10.7 Å². The van der Waals surface area contributed by atoms with Crippen molar-refractivity contribution < 1.29 is 4.42 Å². The number of hydrogen-bond acceptors (Lipinski definition) is 2. The molecule has 2 aromatic rings. The number of rotatable bonds is 0. The molecule has 11 heavy (non-hydrogen) atoms. The predicted octanol–water partition coefficient (Wildman–Crippen LogP) is 1.04. The van der Waals surface area contributed by atoms with Crippen molar-refractivity contribution in [3.63, 3.8) is 0 Å². The Bertz CT molecular complexity index is 441. The summed E-state index contributed by atoms with van der Waals surface area (Å²) in [5.74, 6) is -0.481. The predicted molar refractivity (Wildman–Crippen MR) is 39.6 cm³/mol. The van der Waals surface area contributed by atoms with E-state index in [4.69, 9.17) is 10.2 Å². The largest absolute Gasteiger partial charge is 0.417 e. The van der Waals surface area contributed by atoms with Crippen LogP contribution in [0.1, 0.15) is 0 Å². The molecule has 0 bridgehead atoms. The van der Waals surface area contributed by atoms with Gasteiger partial charge in [-0.1, -0.05) is 0 Å². The third kappa shape index (κ3) is 0.881. The Hall–Kier alpha value is -1.71. The van der Waals surface area contributed by atoms with Crippen LogP contribution >= 0.6 is 0 Å². The molecule has 0 saturated carbocycles. The van der Waals surface area contributed by atoms with Crippen LogP contribution in [0.25, 0.3) is 11.1 Å². The highest BCUT2D eigenvalue weighted by atomic mass is 16.4. The first-order chi connectivity index (χ1) is 5.25. The Morgan fingerprint density at radius 3 is 3.09 bits per heavy atom. The minimum absolute atomic E-state index is 0.334. The van der Waals surface area contributed by atoms with E-state index in [-0.39, 0.29) is 0 Å². The van der Waals surface area contributed by atoms with E-state index in [0.29, 0.717) is 16.8 Å². The average molecular weight is 149 g/mol. The summed E-state index contributed by atoms with van der Waals surface area (Å²) < 4.78 is 4.72. The Balaban J connectivity index is 2.92. The molecule has 2 rings (SSSR count). The Morgan fingerprint density at radius 2 is 2.27 bits per heavy atom. The number of fused-ring (bicyclic) bond motifs is 1. The summed E-state index contributed by atoms with van der Waals surface area (Å²) in [6.45, 7) is 0. The summed E-state index contributed by atoms with van der Waals surface area (Å²) in [6, 6.07) is 4.73. The Morgan fingerprint density at radius 1 is 1.45 bits per heavy atom. The van der Waals surface area contributed by atoms with Crippen LogP contribution < -0.4 is 11.5 Å². The first-order valence-corrected chi connectivity index (χ1v) is 3.10. The first-order valence-electron chi connectivity index (χ1n) is 3.10. The van der Waals surface area contributed by atoms with E-state index in [1.807, 2.05) is 0 Å². The zero-order valence-electron chi connectivity index (χ0n) is 5.55. The molecule has 4 heteroatoms. The van der Waals surface area contributed by atoms with Crippen LogP contribution in [0.3, 0.4) is 0 Å². The van der Waals surface area contributed by atoms with Crippen LogP contribution in [-0.2, 0) is 0 Å². The molecule has 1 aromatic heterocycles. The number of aromatic amines is 1. The van der Waals surface area contributed by atoms with Gasteiger partial charge in [-0.15, -0.1) is 0 Å². The molecule has 1 aromatic carbocycles. The zero-order valence-corrected chi connectivity index (χ0v) is 5.55. The van der Waals surface area contributed by atoms with Gasteiger partial charge in [0, 0.05) is 6.07 Å². The summed E-state index contributed by atoms with van der Waals surface area (Å²) in [5, 5.41) is 0. The fourth-order valence-electron chi connectivity index (χ4n) is 0.945. The van der Waals surface area contributed by atoms with Crippen molar-refractivity contribution >= 4 is 16.8 Å². The van der Waals surface area contributed by atoms with Gasteiger partial charge in [-0.2, -0.15) is 0 Å². The summed E-state index contributed by atoms with van der Waals surface area (Å²) >= 11 is 0. The lowest BCUT2D eigenvalue weighted by atomic mass is 10.3. The fraction of sp³-hybridized carbons (Fsp3) is 0. The van der Waals surface area contributed by atoms with E-state index < -0.39 is 5.76 Å². The lowest BCUT2D eigenvalue weighted by Gasteiger charge is -1.87. The van der Waals surface area contributed by atoms with Gasteiger partial charge in [-0.3, -0.25) is 4.98 Å². The van der Waals surface area contributed by atoms with E-state index in [2.05, 4.69) is 4.98 Å². The van der Waals surface area contributed by atoms with Crippen molar-refractivity contribution in [2.75, 3.05) is 0 Å². The number of oxazole rings is 1. The van der Waals surface area contributed by atoms with Crippen molar-refractivity contribution in [2.45, 2.75) is 0 Å². The maximum atomic E-state index is 10.6. The molecule has 55 valence electrons. The average Bonchev–Trinajstić information content (AvgIpc) is 2.27. The van der Waals surface area contributed by atoms with Crippen LogP contribution in [0, 0.1) is 0 Å². The molecule has 0 fully saturated rings. The lowest BCUT2D eigenvalue weighted by molar-refractivity contribution is 0.555. The van der Waals surface area contributed by atoms with Gasteiger partial charge in [0.25, 0.3) is 0 Å². The molecule has 0 aliphatic rings. The fourth-order valence-corrected chi connectivity index (χ4v) is 0.945. The van der Waals surface area contributed by atoms with Crippen LogP contribution in [0.4, 0.5) is 5.69 Å². The minimum atomic E-state index is -0.481. The first kappa shape index (κ1) is 6.03. The molecule has 0 aliphatic heterocycles. The number of benzene rings is 1. The molecule has 0 unspecified atom stereocenters. The standard InChI is InChI=1S/C7H5N2O2/c8-4-1-2-5-6(3-4)11-7(10)9-5/h1-3,8H,(H,9,10). The Labute approximate surface area is 61.6 Å². The molecule has 2 N–H and O–H groups in total. The monoisotopic (exact) mass is 149 g/mol. The van der Waals surface area contributed by atoms with Gasteiger partial charge in [0.1, 0.15) is 0 Å². The van der Waals surface area contributed by atoms with E-state index in [1.54, 1.807) is 12.1 Å². The molecule has 0 spiro atoms. The van der Waals surface area contributed by atoms with Gasteiger partial charge >= 0.3 is 5.76 Å². The molecular formula is C7H5N2O2. The maximum absolute atomic E-state index is 10.6. The van der Waals surface area contributed by atoms with Crippen molar-refractivity contribution in [2.24, 2.45) is 0 Å². The molecular weight excluding hydrogens is 144 g/mol. The zero-order chi connectivity index (χ0) is 7.84. The van der Waals surface area contributed by atoms with Crippen molar-refractivity contribution in [1.29, 1.82) is 0 Å². The normalized spacial score (nSPS) is 10.5. The molecule has 1 radical (unpaired) electrons. The van der Waals surface area contributed by atoms with E-state index >= 15 is 0 Å². The van der Waals surface area contributed by atoms with Crippen molar-refractivity contribution in [3.8, 4) is 0 Å². The number of nitrogens with one attached hydrogen (secondary N) is 2. The van der Waals surface area contributed by atoms with Crippen LogP contribution in [0.2, 0.25) is 0 Å². The third-order valence-electron chi connectivity index (χ3n) is 1.42. The van der Waals surface area contributed by atoms with E-state index in [1.165, 1.54) is 6.07 Å². The molecule has 0 saturated heterocycles. The van der Waals surface area contributed by atoms with Gasteiger partial charge in [0.15, 0.2) is 5.58 Å². The smallest absolute Gasteiger partial charge is 0.408 e. The molecule has 0 atom stereocenters. The summed E-state index contributed by atoms with van der Waals surface area (Å²) in [5.41, 5.74) is 8.61. The van der Waals surface area contributed by atoms with Gasteiger partial charge in [-0.05, 0) is 12.1 Å².